The van der Waals surface area contributed by atoms with Crippen LogP contribution in [0.1, 0.15) is 10.5 Å². The van der Waals surface area contributed by atoms with Crippen molar-refractivity contribution in [3.8, 4) is 5.75 Å². The van der Waals surface area contributed by atoms with Crippen molar-refractivity contribution in [1.29, 1.82) is 0 Å². The number of rotatable bonds is 6. The number of carboxylic acids is 1. The molecule has 0 atom stereocenters. The first-order valence-corrected chi connectivity index (χ1v) is 9.55. The normalized spacial score (nSPS) is 15.6. The number of carbonyl (C=O) groups is 2. The molecule has 0 saturated carbocycles. The summed E-state index contributed by atoms with van der Waals surface area (Å²) in [6, 6.07) is 6.32. The summed E-state index contributed by atoms with van der Waals surface area (Å²) in [4.78, 5) is 23.9. The van der Waals surface area contributed by atoms with Crippen molar-refractivity contribution in [3.63, 3.8) is 0 Å². The average Bonchev–Trinajstić information content (AvgIpc) is 2.99. The molecule has 1 aliphatic heterocycles. The number of morpholine rings is 1. The van der Waals surface area contributed by atoms with Crippen molar-refractivity contribution in [1.82, 2.24) is 13.6 Å². The van der Waals surface area contributed by atoms with Gasteiger partial charge in [0.05, 0.1) is 20.3 Å². The number of carboxylic acid groups (broad SMARTS) is 1. The number of methoxy groups -OCH3 is 1. The molecule has 2 heterocycles. The number of ether oxygens (including phenoxy) is 2. The zero-order valence-corrected chi connectivity index (χ0v) is 15.4. The van der Waals surface area contributed by atoms with Gasteiger partial charge in [-0.2, -0.15) is 12.7 Å². The summed E-state index contributed by atoms with van der Waals surface area (Å²) in [5, 5.41) is 9.73. The van der Waals surface area contributed by atoms with E-state index in [4.69, 9.17) is 9.47 Å². The van der Waals surface area contributed by atoms with Gasteiger partial charge in [-0.1, -0.05) is 0 Å². The van der Waals surface area contributed by atoms with Crippen molar-refractivity contribution in [3.05, 3.63) is 30.0 Å². The number of aromatic nitrogens is 1. The molecule has 1 fully saturated rings. The van der Waals surface area contributed by atoms with Gasteiger partial charge in [0.15, 0.2) is 0 Å². The van der Waals surface area contributed by atoms with Crippen molar-refractivity contribution < 1.29 is 32.6 Å². The van der Waals surface area contributed by atoms with Crippen LogP contribution in [-0.4, -0.2) is 67.7 Å². The molecule has 0 spiro atoms. The minimum Gasteiger partial charge on any atom is -0.497 e. The fourth-order valence-corrected chi connectivity index (χ4v) is 3.99. The summed E-state index contributed by atoms with van der Waals surface area (Å²) in [7, 11) is -2.57. The van der Waals surface area contributed by atoms with E-state index < -0.39 is 28.6 Å². The second kappa shape index (κ2) is 7.55. The zero-order chi connectivity index (χ0) is 19.6. The minimum atomic E-state index is -4.06. The van der Waals surface area contributed by atoms with Crippen molar-refractivity contribution in [2.24, 2.45) is 0 Å². The van der Waals surface area contributed by atoms with Crippen LogP contribution in [0, 0.1) is 0 Å². The predicted octanol–water partition coefficient (Wildman–Crippen LogP) is 0.0413. The second-order valence-electron chi connectivity index (χ2n) is 5.88. The summed E-state index contributed by atoms with van der Waals surface area (Å²) in [6.07, 6.45) is 0. The molecule has 0 radical (unpaired) electrons. The fourth-order valence-electron chi connectivity index (χ4n) is 2.89. The SMILES string of the molecule is COc1ccc2c(c1)cc(C(=O)NS(=O)(=O)N1CCOCC1)n2CC(=O)O. The average molecular weight is 397 g/mol. The Bertz CT molecular complexity index is 977. The van der Waals surface area contributed by atoms with E-state index in [2.05, 4.69) is 0 Å². The lowest BCUT2D eigenvalue weighted by atomic mass is 10.2. The standard InChI is InChI=1S/C16H19N3O7S/c1-25-12-2-3-13-11(8-12)9-14(19(13)10-15(20)21)16(22)17-27(23,24)18-4-6-26-7-5-18/h2-3,8-9H,4-7,10H2,1H3,(H,17,22)(H,20,21). The van der Waals surface area contributed by atoms with Crippen LogP contribution < -0.4 is 9.46 Å². The highest BCUT2D eigenvalue weighted by molar-refractivity contribution is 7.87. The number of nitrogens with one attached hydrogen (secondary N) is 1. The lowest BCUT2D eigenvalue weighted by Gasteiger charge is -2.25. The number of hydrogen-bond acceptors (Lipinski definition) is 6. The number of benzene rings is 1. The van der Waals surface area contributed by atoms with E-state index in [9.17, 15) is 23.1 Å². The third kappa shape index (κ3) is 4.04. The largest absolute Gasteiger partial charge is 0.497 e. The third-order valence-corrected chi connectivity index (χ3v) is 5.65. The van der Waals surface area contributed by atoms with Crippen LogP contribution in [0.4, 0.5) is 0 Å². The Morgan fingerprint density at radius 1 is 1.26 bits per heavy atom. The molecule has 0 aliphatic carbocycles. The number of carbonyl (C=O) groups excluding carboxylic acids is 1. The maximum atomic E-state index is 12.6. The predicted molar refractivity (Wildman–Crippen MR) is 94.9 cm³/mol. The van der Waals surface area contributed by atoms with Crippen LogP contribution in [0.3, 0.4) is 0 Å². The lowest BCUT2D eigenvalue weighted by Crippen LogP contribution is -2.48. The van der Waals surface area contributed by atoms with Crippen molar-refractivity contribution >= 4 is 33.0 Å². The Morgan fingerprint density at radius 2 is 1.96 bits per heavy atom. The van der Waals surface area contributed by atoms with E-state index in [1.807, 2.05) is 4.72 Å². The van der Waals surface area contributed by atoms with Gasteiger partial charge in [0.2, 0.25) is 0 Å². The Hall–Kier alpha value is -2.63. The van der Waals surface area contributed by atoms with E-state index in [1.165, 1.54) is 17.7 Å². The van der Waals surface area contributed by atoms with Gasteiger partial charge in [-0.15, -0.1) is 0 Å². The number of amides is 1. The van der Waals surface area contributed by atoms with Gasteiger partial charge in [0.25, 0.3) is 5.91 Å². The zero-order valence-electron chi connectivity index (χ0n) is 14.5. The van der Waals surface area contributed by atoms with E-state index in [1.54, 1.807) is 18.2 Å². The molecule has 1 aliphatic rings. The summed E-state index contributed by atoms with van der Waals surface area (Å²) < 4.78 is 39.4. The maximum Gasteiger partial charge on any atom is 0.323 e. The van der Waals surface area contributed by atoms with Crippen LogP contribution in [0.15, 0.2) is 24.3 Å². The number of aliphatic carboxylic acids is 1. The molecule has 0 unspecified atom stereocenters. The molecule has 0 bridgehead atoms. The second-order valence-corrected chi connectivity index (χ2v) is 7.55. The van der Waals surface area contributed by atoms with Gasteiger partial charge in [-0.3, -0.25) is 9.59 Å². The van der Waals surface area contributed by atoms with Gasteiger partial charge in [0.1, 0.15) is 18.0 Å². The molecule has 2 N–H and O–H groups in total. The monoisotopic (exact) mass is 397 g/mol. The molecule has 10 nitrogen and oxygen atoms in total. The van der Waals surface area contributed by atoms with Crippen LogP contribution in [0.5, 0.6) is 5.75 Å². The van der Waals surface area contributed by atoms with Crippen LogP contribution in [0.2, 0.25) is 0 Å². The molecular formula is C16H19N3O7S. The number of hydrogen-bond donors (Lipinski definition) is 2. The highest BCUT2D eigenvalue weighted by Crippen LogP contribution is 2.25. The first-order valence-electron chi connectivity index (χ1n) is 8.11. The smallest absolute Gasteiger partial charge is 0.323 e. The Morgan fingerprint density at radius 3 is 2.59 bits per heavy atom. The van der Waals surface area contributed by atoms with Crippen LogP contribution in [0.25, 0.3) is 10.9 Å². The van der Waals surface area contributed by atoms with Gasteiger partial charge < -0.3 is 19.1 Å². The van der Waals surface area contributed by atoms with Crippen LogP contribution >= 0.6 is 0 Å². The summed E-state index contributed by atoms with van der Waals surface area (Å²) >= 11 is 0. The molecule has 146 valence electrons. The van der Waals surface area contributed by atoms with E-state index in [0.29, 0.717) is 16.7 Å². The quantitative estimate of drug-likeness (QED) is 0.704. The van der Waals surface area contributed by atoms with Crippen LogP contribution in [-0.2, 0) is 26.3 Å². The fraction of sp³-hybridized carbons (Fsp3) is 0.375. The molecule has 1 amide bonds. The summed E-state index contributed by atoms with van der Waals surface area (Å²) in [5.74, 6) is -1.53. The molecule has 1 aromatic carbocycles. The Kier molecular flexibility index (Phi) is 5.35. The number of fused-ring (bicyclic) bond motifs is 1. The third-order valence-electron chi connectivity index (χ3n) is 4.17. The first kappa shape index (κ1) is 19.1. The molecule has 1 aromatic heterocycles. The lowest BCUT2D eigenvalue weighted by molar-refractivity contribution is -0.137. The van der Waals surface area contributed by atoms with E-state index in [-0.39, 0.29) is 32.0 Å². The van der Waals surface area contributed by atoms with E-state index >= 15 is 0 Å². The Labute approximate surface area is 155 Å². The van der Waals surface area contributed by atoms with Gasteiger partial charge >= 0.3 is 16.2 Å². The summed E-state index contributed by atoms with van der Waals surface area (Å²) in [6.45, 7) is 0.272. The van der Waals surface area contributed by atoms with Gasteiger partial charge in [-0.25, -0.2) is 4.72 Å². The highest BCUT2D eigenvalue weighted by Gasteiger charge is 2.28. The minimum absolute atomic E-state index is 0.0718. The number of nitrogens with zero attached hydrogens (tertiary/aromatic N) is 2. The molecular weight excluding hydrogens is 378 g/mol. The molecule has 1 saturated heterocycles. The van der Waals surface area contributed by atoms with E-state index in [0.717, 1.165) is 4.31 Å². The molecule has 3 rings (SSSR count). The topological polar surface area (TPSA) is 127 Å². The van der Waals surface area contributed by atoms with Crippen molar-refractivity contribution in [2.45, 2.75) is 6.54 Å². The molecule has 27 heavy (non-hydrogen) atoms. The first-order chi connectivity index (χ1) is 12.8. The molecule has 11 heteroatoms. The van der Waals surface area contributed by atoms with Gasteiger partial charge in [0, 0.05) is 24.0 Å². The summed E-state index contributed by atoms with van der Waals surface area (Å²) in [5.41, 5.74) is 0.407. The van der Waals surface area contributed by atoms with Gasteiger partial charge in [-0.05, 0) is 24.3 Å². The highest BCUT2D eigenvalue weighted by atomic mass is 32.2. The Balaban J connectivity index is 1.96. The van der Waals surface area contributed by atoms with Crippen molar-refractivity contribution in [2.75, 3.05) is 33.4 Å². The molecule has 2 aromatic rings. The maximum absolute atomic E-state index is 12.6.